The number of nitrogens with one attached hydrogen (secondary N) is 1. The van der Waals surface area contributed by atoms with Crippen LogP contribution >= 0.6 is 11.6 Å². The van der Waals surface area contributed by atoms with E-state index in [-0.39, 0.29) is 28.1 Å². The fourth-order valence-corrected chi connectivity index (χ4v) is 3.36. The molecule has 0 saturated carbocycles. The van der Waals surface area contributed by atoms with E-state index in [1.165, 1.54) is 24.3 Å². The maximum absolute atomic E-state index is 13.7. The van der Waals surface area contributed by atoms with Crippen LogP contribution in [-0.4, -0.2) is 53.8 Å². The number of rotatable bonds is 4. The summed E-state index contributed by atoms with van der Waals surface area (Å²) in [5.41, 5.74) is 0.390. The van der Waals surface area contributed by atoms with Gasteiger partial charge in [0.15, 0.2) is 0 Å². The molecule has 1 N–H and O–H groups in total. The van der Waals surface area contributed by atoms with Gasteiger partial charge in [0.1, 0.15) is 11.6 Å². The number of benzene rings is 2. The Kier molecular flexibility index (Phi) is 6.26. The van der Waals surface area contributed by atoms with Gasteiger partial charge in [-0.05, 0) is 37.3 Å². The molecule has 2 aromatic rings. The van der Waals surface area contributed by atoms with E-state index in [0.29, 0.717) is 26.2 Å². The number of nitrogens with zero attached hydrogens (tertiary/aromatic N) is 2. The van der Waals surface area contributed by atoms with Gasteiger partial charge in [-0.3, -0.25) is 14.5 Å². The number of carbonyl (C=O) groups excluding carboxylic acids is 2. The Labute approximate surface area is 166 Å². The van der Waals surface area contributed by atoms with Crippen LogP contribution in [0.1, 0.15) is 17.3 Å². The monoisotopic (exact) mass is 407 g/mol. The maximum atomic E-state index is 13.7. The third kappa shape index (κ3) is 4.48. The first-order chi connectivity index (χ1) is 13.4. The number of amides is 2. The third-order valence-corrected chi connectivity index (χ3v) is 5.13. The highest BCUT2D eigenvalue weighted by Crippen LogP contribution is 2.20. The minimum atomic E-state index is -0.499. The highest BCUT2D eigenvalue weighted by molar-refractivity contribution is 6.33. The first-order valence-corrected chi connectivity index (χ1v) is 9.28. The molecule has 1 heterocycles. The summed E-state index contributed by atoms with van der Waals surface area (Å²) in [7, 11) is 0. The van der Waals surface area contributed by atoms with Gasteiger partial charge in [0, 0.05) is 26.2 Å². The molecule has 0 aromatic heterocycles. The first kappa shape index (κ1) is 20.2. The summed E-state index contributed by atoms with van der Waals surface area (Å²) in [6, 6.07) is 9.19. The van der Waals surface area contributed by atoms with Crippen molar-refractivity contribution in [3.8, 4) is 0 Å². The second-order valence-corrected chi connectivity index (χ2v) is 7.00. The van der Waals surface area contributed by atoms with Crippen molar-refractivity contribution in [1.82, 2.24) is 9.80 Å². The van der Waals surface area contributed by atoms with Crippen molar-refractivity contribution >= 4 is 29.1 Å². The molecule has 1 aliphatic rings. The lowest BCUT2D eigenvalue weighted by molar-refractivity contribution is -0.121. The van der Waals surface area contributed by atoms with E-state index in [4.69, 9.17) is 11.6 Å². The number of carbonyl (C=O) groups is 2. The molecule has 1 atom stereocenters. The summed E-state index contributed by atoms with van der Waals surface area (Å²) in [5, 5.41) is 2.66. The molecule has 148 valence electrons. The Morgan fingerprint density at radius 2 is 1.75 bits per heavy atom. The van der Waals surface area contributed by atoms with E-state index < -0.39 is 17.7 Å². The Balaban J connectivity index is 1.57. The molecule has 1 saturated heterocycles. The normalized spacial score (nSPS) is 15.9. The molecule has 3 rings (SSSR count). The molecular weight excluding hydrogens is 388 g/mol. The van der Waals surface area contributed by atoms with Crippen molar-refractivity contribution in [2.75, 3.05) is 31.5 Å². The summed E-state index contributed by atoms with van der Waals surface area (Å²) in [5.74, 6) is -1.57. The second-order valence-electron chi connectivity index (χ2n) is 6.60. The summed E-state index contributed by atoms with van der Waals surface area (Å²) in [6.45, 7) is 3.52. The highest BCUT2D eigenvalue weighted by Gasteiger charge is 2.29. The van der Waals surface area contributed by atoms with Gasteiger partial charge in [-0.15, -0.1) is 0 Å². The summed E-state index contributed by atoms with van der Waals surface area (Å²) < 4.78 is 26.9. The van der Waals surface area contributed by atoms with Gasteiger partial charge in [0.25, 0.3) is 5.91 Å². The minimum absolute atomic E-state index is 0.0741. The molecule has 8 heteroatoms. The molecule has 0 bridgehead atoms. The van der Waals surface area contributed by atoms with E-state index in [2.05, 4.69) is 5.32 Å². The number of halogens is 3. The number of piperazine rings is 1. The number of anilines is 1. The molecule has 0 aliphatic carbocycles. The van der Waals surface area contributed by atoms with Crippen molar-refractivity contribution in [2.45, 2.75) is 13.0 Å². The zero-order valence-corrected chi connectivity index (χ0v) is 16.0. The molecule has 2 aromatic carbocycles. The standard InChI is InChI=1S/C20H20ClF2N3O2/c1-13(19(27)24-18-5-3-2-4-17(18)23)25-8-10-26(11-9-25)20(28)15-7-6-14(22)12-16(15)21/h2-7,12-13H,8-11H2,1H3,(H,24,27). The van der Waals surface area contributed by atoms with Crippen LogP contribution in [0.25, 0.3) is 0 Å². The van der Waals surface area contributed by atoms with E-state index >= 15 is 0 Å². The molecule has 1 aliphatic heterocycles. The Bertz CT molecular complexity index is 886. The SMILES string of the molecule is CC(C(=O)Nc1ccccc1F)N1CCN(C(=O)c2ccc(F)cc2Cl)CC1. The quantitative estimate of drug-likeness (QED) is 0.845. The van der Waals surface area contributed by atoms with Gasteiger partial charge in [-0.1, -0.05) is 23.7 Å². The third-order valence-electron chi connectivity index (χ3n) is 4.82. The predicted molar refractivity (Wildman–Crippen MR) is 103 cm³/mol. The Hall–Kier alpha value is -2.51. The molecule has 2 amide bonds. The summed E-state index contributed by atoms with van der Waals surface area (Å²) in [4.78, 5) is 28.6. The van der Waals surface area contributed by atoms with Crippen LogP contribution in [0.3, 0.4) is 0 Å². The van der Waals surface area contributed by atoms with E-state index in [9.17, 15) is 18.4 Å². The predicted octanol–water partition coefficient (Wildman–Crippen LogP) is 3.40. The van der Waals surface area contributed by atoms with Crippen molar-refractivity contribution in [3.63, 3.8) is 0 Å². The van der Waals surface area contributed by atoms with Crippen LogP contribution in [0.5, 0.6) is 0 Å². The van der Waals surface area contributed by atoms with Gasteiger partial charge < -0.3 is 10.2 Å². The molecule has 28 heavy (non-hydrogen) atoms. The number of hydrogen-bond donors (Lipinski definition) is 1. The van der Waals surface area contributed by atoms with Gasteiger partial charge in [-0.2, -0.15) is 0 Å². The lowest BCUT2D eigenvalue weighted by atomic mass is 10.1. The fraction of sp³-hybridized carbons (Fsp3) is 0.300. The van der Waals surface area contributed by atoms with Crippen LogP contribution in [0.2, 0.25) is 5.02 Å². The zero-order chi connectivity index (χ0) is 20.3. The average molecular weight is 408 g/mol. The van der Waals surface area contributed by atoms with E-state index in [1.54, 1.807) is 24.0 Å². The van der Waals surface area contributed by atoms with Crippen molar-refractivity contribution in [3.05, 3.63) is 64.7 Å². The van der Waals surface area contributed by atoms with E-state index in [1.807, 2.05) is 4.90 Å². The second kappa shape index (κ2) is 8.67. The summed E-state index contributed by atoms with van der Waals surface area (Å²) in [6.07, 6.45) is 0. The smallest absolute Gasteiger partial charge is 0.255 e. The number of para-hydroxylation sites is 1. The molecule has 1 fully saturated rings. The number of hydrogen-bond acceptors (Lipinski definition) is 3. The van der Waals surface area contributed by atoms with Crippen LogP contribution in [-0.2, 0) is 4.79 Å². The average Bonchev–Trinajstić information content (AvgIpc) is 2.69. The van der Waals surface area contributed by atoms with Gasteiger partial charge >= 0.3 is 0 Å². The van der Waals surface area contributed by atoms with Gasteiger partial charge in [-0.25, -0.2) is 8.78 Å². The molecule has 0 spiro atoms. The summed E-state index contributed by atoms with van der Waals surface area (Å²) >= 11 is 5.97. The zero-order valence-electron chi connectivity index (χ0n) is 15.3. The lowest BCUT2D eigenvalue weighted by Crippen LogP contribution is -2.54. The topological polar surface area (TPSA) is 52.7 Å². The van der Waals surface area contributed by atoms with Crippen LogP contribution < -0.4 is 5.32 Å². The Morgan fingerprint density at radius 3 is 2.39 bits per heavy atom. The fourth-order valence-electron chi connectivity index (χ4n) is 3.11. The molecule has 5 nitrogen and oxygen atoms in total. The van der Waals surface area contributed by atoms with Crippen LogP contribution in [0.15, 0.2) is 42.5 Å². The van der Waals surface area contributed by atoms with E-state index in [0.717, 1.165) is 6.07 Å². The first-order valence-electron chi connectivity index (χ1n) is 8.90. The molecule has 0 radical (unpaired) electrons. The van der Waals surface area contributed by atoms with Gasteiger partial charge in [0.2, 0.25) is 5.91 Å². The maximum Gasteiger partial charge on any atom is 0.255 e. The molecular formula is C20H20ClF2N3O2. The van der Waals surface area contributed by atoms with Crippen molar-refractivity contribution < 1.29 is 18.4 Å². The van der Waals surface area contributed by atoms with Crippen molar-refractivity contribution in [2.24, 2.45) is 0 Å². The minimum Gasteiger partial charge on any atom is -0.336 e. The molecule has 1 unspecified atom stereocenters. The van der Waals surface area contributed by atoms with Crippen LogP contribution in [0.4, 0.5) is 14.5 Å². The Morgan fingerprint density at radius 1 is 1.07 bits per heavy atom. The largest absolute Gasteiger partial charge is 0.336 e. The van der Waals surface area contributed by atoms with Crippen molar-refractivity contribution in [1.29, 1.82) is 0 Å². The van der Waals surface area contributed by atoms with Crippen LogP contribution in [0, 0.1) is 11.6 Å². The highest BCUT2D eigenvalue weighted by atomic mass is 35.5. The van der Waals surface area contributed by atoms with Gasteiger partial charge in [0.05, 0.1) is 22.3 Å². The lowest BCUT2D eigenvalue weighted by Gasteiger charge is -2.37.